The van der Waals surface area contributed by atoms with Crippen molar-refractivity contribution in [2.45, 2.75) is 100 Å². The summed E-state index contributed by atoms with van der Waals surface area (Å²) in [5.41, 5.74) is 3.99. The zero-order valence-corrected chi connectivity index (χ0v) is 23.9. The largest absolute Gasteiger partial charge is 0.487 e. The monoisotopic (exact) mass is 540 g/mol. The molecule has 2 aliphatic heterocycles. The topological polar surface area (TPSA) is 43.5 Å². The van der Waals surface area contributed by atoms with Crippen LogP contribution in [0.15, 0.2) is 24.3 Å². The van der Waals surface area contributed by atoms with Gasteiger partial charge >= 0.3 is 0 Å². The Labute approximate surface area is 238 Å². The zero-order valence-electron chi connectivity index (χ0n) is 23.9. The van der Waals surface area contributed by atoms with Gasteiger partial charge in [0.1, 0.15) is 25.4 Å². The maximum Gasteiger partial charge on any atom is 0.161 e. The summed E-state index contributed by atoms with van der Waals surface area (Å²) >= 11 is 0. The van der Waals surface area contributed by atoms with Gasteiger partial charge in [0.2, 0.25) is 0 Å². The number of benzene rings is 2. The van der Waals surface area contributed by atoms with Crippen molar-refractivity contribution in [3.8, 4) is 11.5 Å². The van der Waals surface area contributed by atoms with Crippen LogP contribution in [0.1, 0.15) is 88.2 Å². The first-order chi connectivity index (χ1) is 19.6. The van der Waals surface area contributed by atoms with Gasteiger partial charge in [0.05, 0.1) is 13.2 Å². The summed E-state index contributed by atoms with van der Waals surface area (Å²) in [5, 5.41) is 2.97. The van der Waals surface area contributed by atoms with E-state index in [9.17, 15) is 0 Å². The van der Waals surface area contributed by atoms with E-state index in [1.165, 1.54) is 87.8 Å². The van der Waals surface area contributed by atoms with Gasteiger partial charge in [0.15, 0.2) is 11.5 Å². The molecular weight excluding hydrogens is 496 g/mol. The van der Waals surface area contributed by atoms with Crippen molar-refractivity contribution >= 4 is 10.8 Å². The second-order valence-corrected chi connectivity index (χ2v) is 15.9. The summed E-state index contributed by atoms with van der Waals surface area (Å²) in [7, 11) is 0. The predicted octanol–water partition coefficient (Wildman–Crippen LogP) is 7.33. The summed E-state index contributed by atoms with van der Waals surface area (Å²) in [6.07, 6.45) is 17.8. The zero-order chi connectivity index (χ0) is 26.1. The quantitative estimate of drug-likeness (QED) is 0.329. The van der Waals surface area contributed by atoms with Crippen molar-refractivity contribution in [2.24, 2.45) is 35.5 Å². The van der Waals surface area contributed by atoms with E-state index >= 15 is 0 Å². The molecule has 8 aliphatic carbocycles. The normalized spacial score (nSPS) is 45.3. The molecule has 0 radical (unpaired) electrons. The molecule has 0 amide bonds. The molecule has 2 unspecified atom stereocenters. The van der Waals surface area contributed by atoms with Crippen molar-refractivity contribution in [2.75, 3.05) is 26.4 Å². The van der Waals surface area contributed by atoms with Crippen molar-refractivity contribution < 1.29 is 18.9 Å². The molecule has 8 saturated carbocycles. The molecule has 8 bridgehead atoms. The van der Waals surface area contributed by atoms with Gasteiger partial charge in [-0.05, 0) is 157 Å². The number of hydrogen-bond acceptors (Lipinski definition) is 4. The highest BCUT2D eigenvalue weighted by molar-refractivity contribution is 5.93. The van der Waals surface area contributed by atoms with Crippen molar-refractivity contribution in [1.82, 2.24) is 0 Å². The molecule has 0 aromatic heterocycles. The van der Waals surface area contributed by atoms with Gasteiger partial charge in [-0.1, -0.05) is 12.1 Å². The molecule has 12 rings (SSSR count). The molecule has 2 saturated heterocycles. The van der Waals surface area contributed by atoms with Crippen LogP contribution < -0.4 is 9.47 Å². The van der Waals surface area contributed by atoms with Crippen LogP contribution in [-0.2, 0) is 20.3 Å². The SMILES string of the molecule is c1cc(C23CC4CC(CC(C4)C2)C3)c2cc(OCC3CO3)c(OCC3CO3)cc2c1C12CC3CC(CC(C3)C1)C2. The number of epoxide rings is 2. The molecule has 2 aromatic rings. The van der Waals surface area contributed by atoms with Gasteiger partial charge in [-0.25, -0.2) is 0 Å². The number of fused-ring (bicyclic) bond motifs is 1. The minimum absolute atomic E-state index is 0.233. The Balaban J connectivity index is 1.15. The average molecular weight is 541 g/mol. The first-order valence-corrected chi connectivity index (χ1v) is 16.7. The molecule has 10 aliphatic rings. The van der Waals surface area contributed by atoms with E-state index in [1.807, 2.05) is 0 Å². The standard InChI is InChI=1S/C36H44O4/c1-2-32(36-14-24-6-25(15-36)8-26(7-24)16-36)30-10-34(40-20-28-18-38-28)33(39-19-27-17-37-27)9-29(30)31(1)35-11-21-3-22(12-35)5-23(4-21)13-35/h1-2,9-10,21-28H,3-8,11-20H2. The Morgan fingerprint density at radius 1 is 0.550 bits per heavy atom. The van der Waals surface area contributed by atoms with Crippen LogP contribution in [0.25, 0.3) is 10.8 Å². The predicted molar refractivity (Wildman–Crippen MR) is 154 cm³/mol. The second kappa shape index (κ2) is 8.40. The molecule has 212 valence electrons. The van der Waals surface area contributed by atoms with Gasteiger partial charge in [0, 0.05) is 0 Å². The van der Waals surface area contributed by atoms with E-state index in [2.05, 4.69) is 24.3 Å². The fraction of sp³-hybridized carbons (Fsp3) is 0.722. The Morgan fingerprint density at radius 3 is 1.18 bits per heavy atom. The molecule has 10 fully saturated rings. The molecule has 4 nitrogen and oxygen atoms in total. The fourth-order valence-corrected chi connectivity index (χ4v) is 12.1. The summed E-state index contributed by atoms with van der Waals surface area (Å²) < 4.78 is 24.0. The van der Waals surface area contributed by atoms with E-state index in [4.69, 9.17) is 18.9 Å². The smallest absolute Gasteiger partial charge is 0.161 e. The molecule has 40 heavy (non-hydrogen) atoms. The van der Waals surface area contributed by atoms with Crippen LogP contribution in [-0.4, -0.2) is 38.6 Å². The summed E-state index contributed by atoms with van der Waals surface area (Å²) in [4.78, 5) is 0. The molecule has 4 heteroatoms. The fourth-order valence-electron chi connectivity index (χ4n) is 12.1. The van der Waals surface area contributed by atoms with Crippen molar-refractivity contribution in [1.29, 1.82) is 0 Å². The minimum Gasteiger partial charge on any atom is -0.487 e. The third kappa shape index (κ3) is 3.77. The van der Waals surface area contributed by atoms with Crippen LogP contribution in [0.5, 0.6) is 11.5 Å². The van der Waals surface area contributed by atoms with Crippen LogP contribution in [0.4, 0.5) is 0 Å². The lowest BCUT2D eigenvalue weighted by Crippen LogP contribution is -2.49. The summed E-state index contributed by atoms with van der Waals surface area (Å²) in [6, 6.07) is 10.1. The van der Waals surface area contributed by atoms with E-state index in [0.29, 0.717) is 24.0 Å². The maximum absolute atomic E-state index is 6.49. The van der Waals surface area contributed by atoms with E-state index in [0.717, 1.165) is 60.2 Å². The van der Waals surface area contributed by atoms with E-state index in [1.54, 1.807) is 11.1 Å². The maximum atomic E-state index is 6.49. The van der Waals surface area contributed by atoms with Gasteiger partial charge < -0.3 is 18.9 Å². The highest BCUT2D eigenvalue weighted by atomic mass is 16.6. The number of rotatable bonds is 8. The lowest BCUT2D eigenvalue weighted by Gasteiger charge is -2.58. The van der Waals surface area contributed by atoms with Crippen molar-refractivity contribution in [3.05, 3.63) is 35.4 Å². The van der Waals surface area contributed by atoms with E-state index in [-0.39, 0.29) is 12.2 Å². The highest BCUT2D eigenvalue weighted by Gasteiger charge is 2.54. The molecule has 2 atom stereocenters. The number of hydrogen-bond donors (Lipinski definition) is 0. The Kier molecular flexibility index (Phi) is 4.99. The third-order valence-corrected chi connectivity index (χ3v) is 13.0. The van der Waals surface area contributed by atoms with Crippen LogP contribution in [0.2, 0.25) is 0 Å². The molecule has 2 heterocycles. The van der Waals surface area contributed by atoms with Crippen LogP contribution in [0, 0.1) is 35.5 Å². The Morgan fingerprint density at radius 2 is 0.875 bits per heavy atom. The van der Waals surface area contributed by atoms with Crippen LogP contribution >= 0.6 is 0 Å². The van der Waals surface area contributed by atoms with Crippen LogP contribution in [0.3, 0.4) is 0 Å². The molecule has 2 aromatic carbocycles. The summed E-state index contributed by atoms with van der Waals surface area (Å²) in [5.74, 6) is 7.46. The molecular formula is C36H44O4. The molecule has 0 N–H and O–H groups in total. The van der Waals surface area contributed by atoms with E-state index < -0.39 is 0 Å². The lowest BCUT2D eigenvalue weighted by atomic mass is 9.46. The third-order valence-electron chi connectivity index (χ3n) is 13.0. The second-order valence-electron chi connectivity index (χ2n) is 15.9. The lowest BCUT2D eigenvalue weighted by molar-refractivity contribution is -0.00590. The van der Waals surface area contributed by atoms with Gasteiger partial charge in [-0.3, -0.25) is 0 Å². The number of ether oxygens (including phenoxy) is 4. The minimum atomic E-state index is 0.233. The van der Waals surface area contributed by atoms with Gasteiger partial charge in [0.25, 0.3) is 0 Å². The molecule has 0 spiro atoms. The highest BCUT2D eigenvalue weighted by Crippen LogP contribution is 2.64. The van der Waals surface area contributed by atoms with Gasteiger partial charge in [-0.2, -0.15) is 0 Å². The first-order valence-electron chi connectivity index (χ1n) is 16.7. The summed E-state index contributed by atoms with van der Waals surface area (Å²) in [6.45, 7) is 2.86. The average Bonchev–Trinajstić information content (AvgIpc) is 3.84. The first kappa shape index (κ1) is 23.7. The Bertz CT molecular complexity index is 1180. The Hall–Kier alpha value is -1.78. The van der Waals surface area contributed by atoms with Gasteiger partial charge in [-0.15, -0.1) is 0 Å². The van der Waals surface area contributed by atoms with Crippen molar-refractivity contribution in [3.63, 3.8) is 0 Å².